The minimum Gasteiger partial charge on any atom is -0.347 e. The van der Waals surface area contributed by atoms with Crippen LogP contribution in [0, 0.1) is 0 Å². The second-order valence-electron chi connectivity index (χ2n) is 5.90. The maximum absolute atomic E-state index is 12.3. The summed E-state index contributed by atoms with van der Waals surface area (Å²) in [6, 6.07) is 10.5. The van der Waals surface area contributed by atoms with E-state index in [1.54, 1.807) is 5.38 Å². The summed E-state index contributed by atoms with van der Waals surface area (Å²) in [6.07, 6.45) is 0.932. The highest BCUT2D eigenvalue weighted by molar-refractivity contribution is 7.14. The molecule has 24 heavy (non-hydrogen) atoms. The molecule has 2 aromatic rings. The molecule has 1 unspecified atom stereocenters. The van der Waals surface area contributed by atoms with Gasteiger partial charge in [0.05, 0.1) is 0 Å². The average molecular weight is 344 g/mol. The highest BCUT2D eigenvalue weighted by Gasteiger charge is 2.25. The zero-order valence-electron chi connectivity index (χ0n) is 13.5. The standard InChI is InChI=1S/C17H20N4O2S/c1-12(22)18-17-20-15(11-24-17)16(23)19-14-7-8-21(10-14)9-13-5-3-2-4-6-13/h2-6,11,14H,7-10H2,1H3,(H,19,23)(H,18,20,22). The predicted molar refractivity (Wildman–Crippen MR) is 94.0 cm³/mol. The molecule has 1 aromatic heterocycles. The molecule has 2 heterocycles. The van der Waals surface area contributed by atoms with Crippen LogP contribution in [0.25, 0.3) is 0 Å². The molecule has 0 spiro atoms. The molecule has 0 bridgehead atoms. The number of amides is 2. The second kappa shape index (κ2) is 7.55. The van der Waals surface area contributed by atoms with Crippen LogP contribution in [0.4, 0.5) is 5.13 Å². The lowest BCUT2D eigenvalue weighted by Gasteiger charge is -2.16. The monoisotopic (exact) mass is 344 g/mol. The van der Waals surface area contributed by atoms with Gasteiger partial charge in [-0.05, 0) is 12.0 Å². The van der Waals surface area contributed by atoms with E-state index in [2.05, 4.69) is 32.7 Å². The number of nitrogens with one attached hydrogen (secondary N) is 2. The van der Waals surface area contributed by atoms with E-state index in [0.717, 1.165) is 26.1 Å². The van der Waals surface area contributed by atoms with E-state index in [1.165, 1.54) is 23.8 Å². The number of thiazole rings is 1. The van der Waals surface area contributed by atoms with E-state index in [1.807, 2.05) is 18.2 Å². The first kappa shape index (κ1) is 16.6. The third-order valence-corrected chi connectivity index (χ3v) is 4.63. The van der Waals surface area contributed by atoms with Crippen molar-refractivity contribution in [2.45, 2.75) is 25.9 Å². The summed E-state index contributed by atoms with van der Waals surface area (Å²) in [5.74, 6) is -0.377. The second-order valence-corrected chi connectivity index (χ2v) is 6.76. The number of carbonyl (C=O) groups excluding carboxylic acids is 2. The van der Waals surface area contributed by atoms with Crippen molar-refractivity contribution in [3.63, 3.8) is 0 Å². The summed E-state index contributed by atoms with van der Waals surface area (Å²) in [7, 11) is 0. The minimum absolute atomic E-state index is 0.132. The fourth-order valence-corrected chi connectivity index (χ4v) is 3.52. The van der Waals surface area contributed by atoms with Crippen molar-refractivity contribution < 1.29 is 9.59 Å². The van der Waals surface area contributed by atoms with Gasteiger partial charge in [-0.2, -0.15) is 0 Å². The molecule has 7 heteroatoms. The Kier molecular flexibility index (Phi) is 5.22. The van der Waals surface area contributed by atoms with E-state index >= 15 is 0 Å². The zero-order valence-corrected chi connectivity index (χ0v) is 14.3. The van der Waals surface area contributed by atoms with Gasteiger partial charge in [-0.15, -0.1) is 11.3 Å². The number of hydrogen-bond acceptors (Lipinski definition) is 5. The molecule has 2 amide bonds. The number of nitrogens with zero attached hydrogens (tertiary/aromatic N) is 2. The number of carbonyl (C=O) groups is 2. The molecule has 1 atom stereocenters. The van der Waals surface area contributed by atoms with Crippen LogP contribution < -0.4 is 10.6 Å². The Morgan fingerprint density at radius 3 is 2.88 bits per heavy atom. The molecule has 1 aliphatic rings. The fourth-order valence-electron chi connectivity index (χ4n) is 2.78. The molecule has 1 fully saturated rings. The number of likely N-dealkylation sites (tertiary alicyclic amines) is 1. The lowest BCUT2D eigenvalue weighted by molar-refractivity contribution is -0.114. The molecule has 1 aromatic carbocycles. The van der Waals surface area contributed by atoms with Crippen LogP contribution in [-0.4, -0.2) is 40.8 Å². The van der Waals surface area contributed by atoms with Crippen molar-refractivity contribution >= 4 is 28.3 Å². The Morgan fingerprint density at radius 1 is 1.33 bits per heavy atom. The third kappa shape index (κ3) is 4.39. The van der Waals surface area contributed by atoms with Crippen LogP contribution in [0.2, 0.25) is 0 Å². The third-order valence-electron chi connectivity index (χ3n) is 3.88. The Morgan fingerprint density at radius 2 is 2.12 bits per heavy atom. The number of benzene rings is 1. The van der Waals surface area contributed by atoms with Gasteiger partial charge in [-0.25, -0.2) is 4.98 Å². The Bertz CT molecular complexity index is 716. The summed E-state index contributed by atoms with van der Waals surface area (Å²) in [6.45, 7) is 4.12. The largest absolute Gasteiger partial charge is 0.347 e. The number of anilines is 1. The van der Waals surface area contributed by atoms with Crippen LogP contribution in [0.1, 0.15) is 29.4 Å². The molecule has 3 rings (SSSR count). The van der Waals surface area contributed by atoms with Crippen LogP contribution in [0.15, 0.2) is 35.7 Å². The van der Waals surface area contributed by atoms with E-state index in [0.29, 0.717) is 10.8 Å². The molecule has 0 saturated carbocycles. The maximum atomic E-state index is 12.3. The Labute approximate surface area is 144 Å². The SMILES string of the molecule is CC(=O)Nc1nc(C(=O)NC2CCN(Cc3ccccc3)C2)cs1. The minimum atomic E-state index is -0.191. The number of aromatic nitrogens is 1. The molecule has 0 aliphatic carbocycles. The first-order chi connectivity index (χ1) is 11.6. The average Bonchev–Trinajstić information content (AvgIpc) is 3.17. The van der Waals surface area contributed by atoms with Gasteiger partial charge < -0.3 is 10.6 Å². The van der Waals surface area contributed by atoms with Crippen molar-refractivity contribution in [3.05, 3.63) is 47.0 Å². The normalized spacial score (nSPS) is 17.6. The van der Waals surface area contributed by atoms with Gasteiger partial charge in [0, 0.05) is 38.0 Å². The fraction of sp³-hybridized carbons (Fsp3) is 0.353. The number of rotatable bonds is 5. The molecule has 0 radical (unpaired) electrons. The van der Waals surface area contributed by atoms with Gasteiger partial charge in [0.15, 0.2) is 5.13 Å². The van der Waals surface area contributed by atoms with E-state index in [-0.39, 0.29) is 17.9 Å². The van der Waals surface area contributed by atoms with Crippen molar-refractivity contribution in [2.24, 2.45) is 0 Å². The van der Waals surface area contributed by atoms with Crippen LogP contribution >= 0.6 is 11.3 Å². The Hall–Kier alpha value is -2.25. The summed E-state index contributed by atoms with van der Waals surface area (Å²) in [5, 5.41) is 7.73. The van der Waals surface area contributed by atoms with Gasteiger partial charge >= 0.3 is 0 Å². The molecule has 6 nitrogen and oxygen atoms in total. The van der Waals surface area contributed by atoms with Crippen molar-refractivity contribution in [2.75, 3.05) is 18.4 Å². The molecular weight excluding hydrogens is 324 g/mol. The smallest absolute Gasteiger partial charge is 0.271 e. The predicted octanol–water partition coefficient (Wildman–Crippen LogP) is 2.11. The van der Waals surface area contributed by atoms with Crippen molar-refractivity contribution in [3.8, 4) is 0 Å². The van der Waals surface area contributed by atoms with Crippen molar-refractivity contribution in [1.82, 2.24) is 15.2 Å². The molecule has 126 valence electrons. The lowest BCUT2D eigenvalue weighted by Crippen LogP contribution is -2.37. The van der Waals surface area contributed by atoms with Crippen LogP contribution in [-0.2, 0) is 11.3 Å². The first-order valence-electron chi connectivity index (χ1n) is 7.90. The van der Waals surface area contributed by atoms with Gasteiger partial charge in [0.1, 0.15) is 5.69 Å². The molecule has 1 aliphatic heterocycles. The van der Waals surface area contributed by atoms with Gasteiger partial charge in [0.2, 0.25) is 5.91 Å². The van der Waals surface area contributed by atoms with Gasteiger partial charge in [-0.1, -0.05) is 30.3 Å². The summed E-state index contributed by atoms with van der Waals surface area (Å²) >= 11 is 1.25. The molecular formula is C17H20N4O2S. The highest BCUT2D eigenvalue weighted by Crippen LogP contribution is 2.17. The van der Waals surface area contributed by atoms with E-state index in [4.69, 9.17) is 0 Å². The van der Waals surface area contributed by atoms with E-state index in [9.17, 15) is 9.59 Å². The number of hydrogen-bond donors (Lipinski definition) is 2. The maximum Gasteiger partial charge on any atom is 0.271 e. The molecule has 2 N–H and O–H groups in total. The summed E-state index contributed by atoms with van der Waals surface area (Å²) in [4.78, 5) is 29.8. The summed E-state index contributed by atoms with van der Waals surface area (Å²) < 4.78 is 0. The quantitative estimate of drug-likeness (QED) is 0.871. The highest BCUT2D eigenvalue weighted by atomic mass is 32.1. The topological polar surface area (TPSA) is 74.3 Å². The van der Waals surface area contributed by atoms with Crippen LogP contribution in [0.3, 0.4) is 0 Å². The Balaban J connectivity index is 1.50. The van der Waals surface area contributed by atoms with Crippen molar-refractivity contribution in [1.29, 1.82) is 0 Å². The van der Waals surface area contributed by atoms with Gasteiger partial charge in [-0.3, -0.25) is 14.5 Å². The van der Waals surface area contributed by atoms with E-state index < -0.39 is 0 Å². The van der Waals surface area contributed by atoms with Gasteiger partial charge in [0.25, 0.3) is 5.91 Å². The van der Waals surface area contributed by atoms with Crippen LogP contribution in [0.5, 0.6) is 0 Å². The summed E-state index contributed by atoms with van der Waals surface area (Å²) in [5.41, 5.74) is 1.63. The first-order valence-corrected chi connectivity index (χ1v) is 8.78. The lowest BCUT2D eigenvalue weighted by atomic mass is 10.2. The molecule has 1 saturated heterocycles. The zero-order chi connectivity index (χ0) is 16.9.